The average molecular weight is 565 g/mol. The van der Waals surface area contributed by atoms with Gasteiger partial charge in [0, 0.05) is 30.4 Å². The predicted molar refractivity (Wildman–Crippen MR) is 145 cm³/mol. The Labute approximate surface area is 232 Å². The molecule has 3 aromatic rings. The van der Waals surface area contributed by atoms with Gasteiger partial charge in [-0.15, -0.1) is 10.2 Å². The van der Waals surface area contributed by atoms with Crippen LogP contribution in [0.5, 0.6) is 11.5 Å². The number of amides is 1. The molecule has 2 heterocycles. The molecule has 0 aliphatic carbocycles. The third-order valence-corrected chi connectivity index (χ3v) is 7.95. The van der Waals surface area contributed by atoms with Gasteiger partial charge >= 0.3 is 0 Å². The third kappa shape index (κ3) is 5.60. The molecule has 11 heteroatoms. The van der Waals surface area contributed by atoms with Crippen molar-refractivity contribution >= 4 is 29.1 Å². The molecule has 1 aliphatic heterocycles. The van der Waals surface area contributed by atoms with Crippen molar-refractivity contribution in [2.24, 2.45) is 5.73 Å². The Hall–Kier alpha value is -2.88. The summed E-state index contributed by atoms with van der Waals surface area (Å²) in [6, 6.07) is 7.95. The predicted octanol–water partition coefficient (Wildman–Crippen LogP) is 5.15. The number of ether oxygens (including phenoxy) is 2. The molecule has 204 valence electrons. The molecule has 4 rings (SSSR count). The number of methoxy groups -OCH3 is 1. The van der Waals surface area contributed by atoms with Crippen molar-refractivity contribution in [3.63, 3.8) is 0 Å². The van der Waals surface area contributed by atoms with Gasteiger partial charge in [-0.2, -0.15) is 0 Å². The fourth-order valence-corrected chi connectivity index (χ4v) is 5.36. The molecule has 1 aliphatic rings. The van der Waals surface area contributed by atoms with E-state index in [-0.39, 0.29) is 34.0 Å². The number of aromatic nitrogens is 3. The normalized spacial score (nSPS) is 15.9. The van der Waals surface area contributed by atoms with E-state index in [0.717, 1.165) is 36.0 Å². The summed E-state index contributed by atoms with van der Waals surface area (Å²) in [6.45, 7) is 6.07. The highest BCUT2D eigenvalue weighted by molar-refractivity contribution is 6.36. The van der Waals surface area contributed by atoms with Crippen molar-refractivity contribution in [2.75, 3.05) is 34.3 Å². The lowest BCUT2D eigenvalue weighted by molar-refractivity contribution is -0.895. The summed E-state index contributed by atoms with van der Waals surface area (Å²) in [7, 11) is 5.88. The fourth-order valence-electron chi connectivity index (χ4n) is 4.90. The van der Waals surface area contributed by atoms with E-state index in [1.54, 1.807) is 6.07 Å². The Balaban J connectivity index is 1.71. The lowest BCUT2D eigenvalue weighted by Crippen LogP contribution is -2.47. The number of carbonyl (C=O) groups excluding carboxylic acids is 1. The first-order chi connectivity index (χ1) is 17.8. The Morgan fingerprint density at radius 1 is 1.13 bits per heavy atom. The van der Waals surface area contributed by atoms with E-state index in [4.69, 9.17) is 38.4 Å². The van der Waals surface area contributed by atoms with Crippen LogP contribution in [0.3, 0.4) is 0 Å². The Morgan fingerprint density at radius 3 is 2.42 bits per heavy atom. The lowest BCUT2D eigenvalue weighted by Gasteiger charge is -2.39. The molecule has 0 spiro atoms. The largest absolute Gasteiger partial charge is 0.494 e. The average Bonchev–Trinajstić information content (AvgIpc) is 3.28. The first-order valence-electron chi connectivity index (χ1n) is 12.4. The quantitative estimate of drug-likeness (QED) is 0.382. The smallest absolute Gasteiger partial charge is 0.250 e. The van der Waals surface area contributed by atoms with E-state index < -0.39 is 17.1 Å². The van der Waals surface area contributed by atoms with Crippen LogP contribution in [0.25, 0.3) is 0 Å². The first-order valence-corrected chi connectivity index (χ1v) is 13.1. The topological polar surface area (TPSA) is 92.3 Å². The second kappa shape index (κ2) is 10.7. The van der Waals surface area contributed by atoms with Gasteiger partial charge in [-0.05, 0) is 37.6 Å². The second-order valence-electron chi connectivity index (χ2n) is 10.8. The maximum absolute atomic E-state index is 14.7. The summed E-state index contributed by atoms with van der Waals surface area (Å²) >= 11 is 12.6. The highest BCUT2D eigenvalue weighted by atomic mass is 35.5. The van der Waals surface area contributed by atoms with Gasteiger partial charge in [-0.25, -0.2) is 4.39 Å². The monoisotopic (exact) mass is 564 g/mol. The van der Waals surface area contributed by atoms with E-state index in [1.807, 2.05) is 19.9 Å². The van der Waals surface area contributed by atoms with E-state index in [0.29, 0.717) is 17.4 Å². The number of primary amides is 1. The summed E-state index contributed by atoms with van der Waals surface area (Å²) in [4.78, 5) is 11.6. The SMILES string of the molecule is COc1ccc(C(C)(C)c2nnc(COc3cc(Cl)c(C(N)=O)cc3Cl)n2C2CC[N+](C)(C)CC2)cc1F. The molecule has 0 radical (unpaired) electrons. The van der Waals surface area contributed by atoms with Crippen LogP contribution in [0.15, 0.2) is 30.3 Å². The summed E-state index contributed by atoms with van der Waals surface area (Å²) in [6.07, 6.45) is 1.86. The van der Waals surface area contributed by atoms with Crippen molar-refractivity contribution in [1.82, 2.24) is 14.8 Å². The zero-order valence-electron chi connectivity index (χ0n) is 22.2. The van der Waals surface area contributed by atoms with Gasteiger partial charge in [0.2, 0.25) is 5.91 Å². The van der Waals surface area contributed by atoms with Gasteiger partial charge in [0.25, 0.3) is 0 Å². The summed E-state index contributed by atoms with van der Waals surface area (Å²) in [5.41, 5.74) is 5.57. The molecule has 8 nitrogen and oxygen atoms in total. The molecular weight excluding hydrogens is 532 g/mol. The van der Waals surface area contributed by atoms with Crippen LogP contribution in [0.1, 0.15) is 60.3 Å². The zero-order valence-corrected chi connectivity index (χ0v) is 23.7. The van der Waals surface area contributed by atoms with Gasteiger partial charge in [0.15, 0.2) is 17.4 Å². The fraction of sp³-hybridized carbons (Fsp3) is 0.444. The van der Waals surface area contributed by atoms with Crippen LogP contribution < -0.4 is 15.2 Å². The van der Waals surface area contributed by atoms with E-state index in [2.05, 4.69) is 28.9 Å². The number of nitrogens with zero attached hydrogens (tertiary/aromatic N) is 4. The number of benzene rings is 2. The van der Waals surface area contributed by atoms with Crippen LogP contribution >= 0.6 is 23.2 Å². The Morgan fingerprint density at radius 2 is 1.82 bits per heavy atom. The molecule has 2 N–H and O–H groups in total. The molecule has 0 saturated carbocycles. The molecule has 0 bridgehead atoms. The standard InChI is InChI=1S/C27H32Cl2FN5O3/c1-27(2,16-6-7-22(37-5)21(30)12-16)26-33-32-24(34(26)17-8-10-35(3,4)11-9-17)15-38-23-14-19(28)18(25(31)36)13-20(23)29/h6-7,12-14,17H,8-11,15H2,1-5H3,(H-,31,36)/p+1. The van der Waals surface area contributed by atoms with Crippen molar-refractivity contribution in [3.05, 3.63) is 69.0 Å². The van der Waals surface area contributed by atoms with Gasteiger partial charge in [-0.1, -0.05) is 29.3 Å². The molecule has 1 saturated heterocycles. The number of quaternary nitrogens is 1. The van der Waals surface area contributed by atoms with Crippen LogP contribution in [0, 0.1) is 5.82 Å². The summed E-state index contributed by atoms with van der Waals surface area (Å²) in [5.74, 6) is 0.705. The summed E-state index contributed by atoms with van der Waals surface area (Å²) < 4.78 is 28.8. The van der Waals surface area contributed by atoms with Gasteiger partial charge in [0.05, 0.1) is 49.9 Å². The van der Waals surface area contributed by atoms with Gasteiger partial charge < -0.3 is 24.3 Å². The number of nitrogens with two attached hydrogens (primary N) is 1. The number of hydrogen-bond donors (Lipinski definition) is 1. The van der Waals surface area contributed by atoms with Gasteiger partial charge in [0.1, 0.15) is 18.2 Å². The minimum atomic E-state index is -0.677. The molecule has 0 atom stereocenters. The molecule has 1 amide bonds. The van der Waals surface area contributed by atoms with Crippen LogP contribution in [0.4, 0.5) is 4.39 Å². The van der Waals surface area contributed by atoms with Crippen LogP contribution in [0.2, 0.25) is 10.0 Å². The number of hydrogen-bond acceptors (Lipinski definition) is 5. The molecule has 0 unspecified atom stereocenters. The van der Waals surface area contributed by atoms with E-state index in [1.165, 1.54) is 25.3 Å². The highest BCUT2D eigenvalue weighted by Gasteiger charge is 2.36. The maximum Gasteiger partial charge on any atom is 0.250 e. The molecule has 1 fully saturated rings. The maximum atomic E-state index is 14.7. The number of piperidine rings is 1. The minimum Gasteiger partial charge on any atom is -0.494 e. The zero-order chi connectivity index (χ0) is 27.8. The highest BCUT2D eigenvalue weighted by Crippen LogP contribution is 2.37. The van der Waals surface area contributed by atoms with E-state index in [9.17, 15) is 9.18 Å². The Bertz CT molecular complexity index is 1350. The number of rotatable bonds is 8. The third-order valence-electron chi connectivity index (χ3n) is 7.34. The van der Waals surface area contributed by atoms with E-state index >= 15 is 0 Å². The first kappa shape index (κ1) is 28.1. The van der Waals surface area contributed by atoms with Crippen molar-refractivity contribution in [1.29, 1.82) is 0 Å². The van der Waals surface area contributed by atoms with Crippen LogP contribution in [-0.2, 0) is 12.0 Å². The summed E-state index contributed by atoms with van der Waals surface area (Å²) in [5, 5.41) is 9.45. The molecule has 38 heavy (non-hydrogen) atoms. The number of carbonyl (C=O) groups is 1. The second-order valence-corrected chi connectivity index (χ2v) is 11.6. The van der Waals surface area contributed by atoms with Crippen molar-refractivity contribution in [3.8, 4) is 11.5 Å². The molecule has 2 aromatic carbocycles. The Kier molecular flexibility index (Phi) is 7.93. The lowest BCUT2D eigenvalue weighted by atomic mass is 9.83. The molecule has 1 aromatic heterocycles. The van der Waals surface area contributed by atoms with Crippen molar-refractivity contribution in [2.45, 2.75) is 44.8 Å². The van der Waals surface area contributed by atoms with Gasteiger partial charge in [-0.3, -0.25) is 4.79 Å². The van der Waals surface area contributed by atoms with Crippen LogP contribution in [-0.4, -0.2) is 59.4 Å². The number of likely N-dealkylation sites (tertiary alicyclic amines) is 1. The minimum absolute atomic E-state index is 0.0702. The molecular formula is C27H33Cl2FN5O3+. The van der Waals surface area contributed by atoms with Crippen molar-refractivity contribution < 1.29 is 23.1 Å². The number of halogens is 3.